The SMILES string of the molecule is NC(=O)c1cn2ncnc(N)c2c1-c1ccc(NC(=O)Nc2cc(C(F)(F)F)ccc2F)cc1. The Bertz CT molecular complexity index is 1420. The van der Waals surface area contributed by atoms with Crippen molar-refractivity contribution < 1.29 is 27.2 Å². The number of aromatic nitrogens is 3. The molecule has 174 valence electrons. The molecule has 0 saturated carbocycles. The maximum absolute atomic E-state index is 13.9. The lowest BCUT2D eigenvalue weighted by Crippen LogP contribution is -2.20. The molecule has 6 N–H and O–H groups in total. The van der Waals surface area contributed by atoms with Gasteiger partial charge in [-0.25, -0.2) is 18.7 Å². The molecule has 34 heavy (non-hydrogen) atoms. The highest BCUT2D eigenvalue weighted by Crippen LogP contribution is 2.33. The first kappa shape index (κ1) is 22.5. The molecule has 3 amide bonds. The van der Waals surface area contributed by atoms with Gasteiger partial charge < -0.3 is 22.1 Å². The summed E-state index contributed by atoms with van der Waals surface area (Å²) in [5.41, 5.74) is 11.3. The van der Waals surface area contributed by atoms with Gasteiger partial charge in [0.15, 0.2) is 5.82 Å². The minimum atomic E-state index is -4.70. The second-order valence-corrected chi connectivity index (χ2v) is 7.07. The van der Waals surface area contributed by atoms with Crippen LogP contribution >= 0.6 is 0 Å². The number of urea groups is 1. The molecule has 0 atom stereocenters. The second-order valence-electron chi connectivity index (χ2n) is 7.07. The smallest absolute Gasteiger partial charge is 0.382 e. The highest BCUT2D eigenvalue weighted by atomic mass is 19.4. The van der Waals surface area contributed by atoms with Gasteiger partial charge in [0, 0.05) is 17.4 Å². The Morgan fingerprint density at radius 1 is 1.03 bits per heavy atom. The Morgan fingerprint density at radius 3 is 2.38 bits per heavy atom. The van der Waals surface area contributed by atoms with Crippen LogP contribution in [0.3, 0.4) is 0 Å². The number of nitrogens with zero attached hydrogens (tertiary/aromatic N) is 3. The summed E-state index contributed by atoms with van der Waals surface area (Å²) in [5.74, 6) is -1.63. The molecule has 0 fully saturated rings. The average Bonchev–Trinajstić information content (AvgIpc) is 3.16. The fourth-order valence-electron chi connectivity index (χ4n) is 3.32. The number of nitrogen functional groups attached to an aromatic ring is 1. The van der Waals surface area contributed by atoms with Crippen molar-refractivity contribution in [2.24, 2.45) is 5.73 Å². The number of hydrogen-bond donors (Lipinski definition) is 4. The highest BCUT2D eigenvalue weighted by Gasteiger charge is 2.31. The van der Waals surface area contributed by atoms with E-state index in [0.29, 0.717) is 34.8 Å². The van der Waals surface area contributed by atoms with Gasteiger partial charge in [0.05, 0.1) is 16.8 Å². The molecule has 13 heteroatoms. The lowest BCUT2D eigenvalue weighted by Gasteiger charge is -2.12. The van der Waals surface area contributed by atoms with E-state index < -0.39 is 35.2 Å². The van der Waals surface area contributed by atoms with E-state index >= 15 is 0 Å². The Hall–Kier alpha value is -4.68. The maximum atomic E-state index is 13.9. The Balaban J connectivity index is 1.58. The van der Waals surface area contributed by atoms with E-state index in [9.17, 15) is 27.2 Å². The van der Waals surface area contributed by atoms with Crippen molar-refractivity contribution in [2.75, 3.05) is 16.4 Å². The molecule has 2 aromatic carbocycles. The number of nitrogens with one attached hydrogen (secondary N) is 2. The second kappa shape index (κ2) is 8.35. The van der Waals surface area contributed by atoms with Crippen molar-refractivity contribution in [1.82, 2.24) is 14.6 Å². The van der Waals surface area contributed by atoms with Crippen molar-refractivity contribution in [1.29, 1.82) is 0 Å². The lowest BCUT2D eigenvalue weighted by molar-refractivity contribution is -0.137. The summed E-state index contributed by atoms with van der Waals surface area (Å²) in [7, 11) is 0. The van der Waals surface area contributed by atoms with Crippen LogP contribution in [0.5, 0.6) is 0 Å². The first-order valence-corrected chi connectivity index (χ1v) is 9.51. The molecule has 0 aliphatic carbocycles. The van der Waals surface area contributed by atoms with Crippen molar-refractivity contribution in [3.63, 3.8) is 0 Å². The van der Waals surface area contributed by atoms with Crippen LogP contribution in [0.15, 0.2) is 55.0 Å². The Kier molecular flexibility index (Phi) is 5.53. The molecule has 0 radical (unpaired) electrons. The number of rotatable bonds is 4. The number of halogens is 4. The number of amides is 3. The van der Waals surface area contributed by atoms with Crippen LogP contribution in [0.1, 0.15) is 15.9 Å². The molecular weight excluding hydrogens is 458 g/mol. The van der Waals surface area contributed by atoms with Crippen molar-refractivity contribution in [3.05, 3.63) is 71.9 Å². The molecular formula is C21H15F4N7O2. The predicted octanol–water partition coefficient (Wildman–Crippen LogP) is 3.88. The molecule has 0 aliphatic heterocycles. The lowest BCUT2D eigenvalue weighted by atomic mass is 10.0. The number of anilines is 3. The first-order valence-electron chi connectivity index (χ1n) is 9.51. The molecule has 0 unspecified atom stereocenters. The van der Waals surface area contributed by atoms with Gasteiger partial charge >= 0.3 is 12.2 Å². The van der Waals surface area contributed by atoms with Crippen LogP contribution in [0.25, 0.3) is 16.6 Å². The van der Waals surface area contributed by atoms with Gasteiger partial charge in [0.25, 0.3) is 5.91 Å². The van der Waals surface area contributed by atoms with Crippen molar-refractivity contribution in [3.8, 4) is 11.1 Å². The van der Waals surface area contributed by atoms with Crippen LogP contribution in [-0.4, -0.2) is 26.5 Å². The molecule has 2 aromatic heterocycles. The minimum Gasteiger partial charge on any atom is -0.382 e. The monoisotopic (exact) mass is 473 g/mol. The van der Waals surface area contributed by atoms with Crippen LogP contribution in [-0.2, 0) is 6.18 Å². The van der Waals surface area contributed by atoms with Crippen LogP contribution in [0.4, 0.5) is 39.5 Å². The normalized spacial score (nSPS) is 11.4. The molecule has 4 rings (SSSR count). The number of hydrogen-bond acceptors (Lipinski definition) is 5. The quantitative estimate of drug-likeness (QED) is 0.333. The summed E-state index contributed by atoms with van der Waals surface area (Å²) in [6, 6.07) is 6.74. The van der Waals surface area contributed by atoms with E-state index in [0.717, 1.165) is 0 Å². The molecule has 0 spiro atoms. The number of carbonyl (C=O) groups is 2. The van der Waals surface area contributed by atoms with Gasteiger partial charge in [-0.3, -0.25) is 4.79 Å². The van der Waals surface area contributed by atoms with Crippen molar-refractivity contribution in [2.45, 2.75) is 6.18 Å². The maximum Gasteiger partial charge on any atom is 0.416 e. The molecule has 4 aromatic rings. The van der Waals surface area contributed by atoms with Gasteiger partial charge in [-0.15, -0.1) is 0 Å². The van der Waals surface area contributed by atoms with Gasteiger partial charge in [0.2, 0.25) is 0 Å². The highest BCUT2D eigenvalue weighted by molar-refractivity contribution is 6.06. The predicted molar refractivity (Wildman–Crippen MR) is 115 cm³/mol. The number of primary amides is 1. The number of benzene rings is 2. The largest absolute Gasteiger partial charge is 0.416 e. The molecule has 2 heterocycles. The summed E-state index contributed by atoms with van der Waals surface area (Å²) in [5, 5.41) is 8.44. The van der Waals surface area contributed by atoms with Gasteiger partial charge in [-0.2, -0.15) is 18.3 Å². The average molecular weight is 473 g/mol. The number of alkyl halides is 3. The summed E-state index contributed by atoms with van der Waals surface area (Å²) in [4.78, 5) is 28.1. The van der Waals surface area contributed by atoms with E-state index in [4.69, 9.17) is 11.5 Å². The summed E-state index contributed by atoms with van der Waals surface area (Å²) < 4.78 is 53.7. The van der Waals surface area contributed by atoms with Gasteiger partial charge in [0.1, 0.15) is 17.7 Å². The van der Waals surface area contributed by atoms with E-state index in [1.165, 1.54) is 29.2 Å². The van der Waals surface area contributed by atoms with E-state index in [-0.39, 0.29) is 17.1 Å². The summed E-state index contributed by atoms with van der Waals surface area (Å²) >= 11 is 0. The Morgan fingerprint density at radius 2 is 1.74 bits per heavy atom. The fraction of sp³-hybridized carbons (Fsp3) is 0.0476. The third kappa shape index (κ3) is 4.30. The summed E-state index contributed by atoms with van der Waals surface area (Å²) in [6.45, 7) is 0. The molecule has 9 nitrogen and oxygen atoms in total. The molecule has 0 aliphatic rings. The van der Waals surface area contributed by atoms with Crippen LogP contribution in [0, 0.1) is 5.82 Å². The number of nitrogens with two attached hydrogens (primary N) is 2. The third-order valence-corrected chi connectivity index (χ3v) is 4.84. The van der Waals surface area contributed by atoms with Gasteiger partial charge in [-0.1, -0.05) is 12.1 Å². The minimum absolute atomic E-state index is 0.113. The topological polar surface area (TPSA) is 140 Å². The zero-order valence-electron chi connectivity index (χ0n) is 17.0. The van der Waals surface area contributed by atoms with E-state index in [1.807, 2.05) is 5.32 Å². The van der Waals surface area contributed by atoms with E-state index in [1.54, 1.807) is 12.1 Å². The third-order valence-electron chi connectivity index (χ3n) is 4.84. The van der Waals surface area contributed by atoms with Gasteiger partial charge in [-0.05, 0) is 35.9 Å². The zero-order chi connectivity index (χ0) is 24.6. The number of carbonyl (C=O) groups excluding carboxylic acids is 2. The summed E-state index contributed by atoms with van der Waals surface area (Å²) in [6.07, 6.45) is -2.07. The Labute approximate surface area is 188 Å². The van der Waals surface area contributed by atoms with Crippen LogP contribution in [0.2, 0.25) is 0 Å². The molecule has 0 bridgehead atoms. The standard InChI is InChI=1S/C21H15F4N7O2/c22-14-6-3-11(21(23,24)25)7-15(14)31-20(34)30-12-4-1-10(2-5-12)16-13(19(27)33)8-32-17(16)18(26)28-9-29-32/h1-9H,(H2,27,33)(H2,26,28,29)(H2,30,31,34). The zero-order valence-corrected chi connectivity index (χ0v) is 17.0. The fourth-order valence-corrected chi connectivity index (χ4v) is 3.32. The van der Waals surface area contributed by atoms with Crippen LogP contribution < -0.4 is 22.1 Å². The number of fused-ring (bicyclic) bond motifs is 1. The van der Waals surface area contributed by atoms with Crippen molar-refractivity contribution >= 4 is 34.6 Å². The van der Waals surface area contributed by atoms with E-state index in [2.05, 4.69) is 15.4 Å². The first-order chi connectivity index (χ1) is 16.0. The molecule has 0 saturated heterocycles.